The number of unbranched alkanes of at least 4 members (excludes halogenated alkanes) is 3. The Morgan fingerprint density at radius 2 is 1.77 bits per heavy atom. The Hall–Kier alpha value is -0.990. The van der Waals surface area contributed by atoms with Crippen molar-refractivity contribution in [1.82, 2.24) is 10.2 Å². The fraction of sp³-hybridized carbons (Fsp3) is 0.905. The Bertz CT molecular complexity index is 586. The van der Waals surface area contributed by atoms with Gasteiger partial charge in [-0.1, -0.05) is 6.42 Å². The summed E-state index contributed by atoms with van der Waals surface area (Å²) in [6, 6.07) is -0.379. The number of rotatable bonds is 16. The fourth-order valence-electron chi connectivity index (χ4n) is 3.39. The molecule has 1 fully saturated rings. The van der Waals surface area contributed by atoms with E-state index >= 15 is 0 Å². The van der Waals surface area contributed by atoms with E-state index in [1.807, 2.05) is 13.8 Å². The Morgan fingerprint density at radius 3 is 2.45 bits per heavy atom. The van der Waals surface area contributed by atoms with Gasteiger partial charge in [0.15, 0.2) is 0 Å². The van der Waals surface area contributed by atoms with E-state index in [2.05, 4.69) is 5.32 Å². The molecule has 10 heteroatoms. The van der Waals surface area contributed by atoms with Crippen molar-refractivity contribution in [1.29, 1.82) is 0 Å². The van der Waals surface area contributed by atoms with Crippen LogP contribution in [0, 0.1) is 0 Å². The highest BCUT2D eigenvalue weighted by Gasteiger charge is 2.33. The number of phosphoric acid groups is 1. The summed E-state index contributed by atoms with van der Waals surface area (Å²) in [7, 11) is -4.00. The van der Waals surface area contributed by atoms with Crippen molar-refractivity contribution < 1.29 is 32.8 Å². The van der Waals surface area contributed by atoms with Crippen LogP contribution in [0.15, 0.2) is 0 Å². The molecule has 0 aromatic heterocycles. The molecule has 1 heterocycles. The first-order valence-corrected chi connectivity index (χ1v) is 13.0. The molecular formula is C21H41N2O7P. The van der Waals surface area contributed by atoms with Gasteiger partial charge in [-0.25, -0.2) is 4.57 Å². The van der Waals surface area contributed by atoms with Crippen molar-refractivity contribution in [2.45, 2.75) is 97.3 Å². The van der Waals surface area contributed by atoms with E-state index in [0.29, 0.717) is 51.8 Å². The van der Waals surface area contributed by atoms with Crippen LogP contribution in [-0.2, 0) is 27.9 Å². The zero-order chi connectivity index (χ0) is 23.3. The second-order valence-corrected chi connectivity index (χ2v) is 9.84. The summed E-state index contributed by atoms with van der Waals surface area (Å²) in [5.41, 5.74) is 0. The Kier molecular flexibility index (Phi) is 13.5. The highest BCUT2D eigenvalue weighted by atomic mass is 31.2. The zero-order valence-corrected chi connectivity index (χ0v) is 20.4. The molecular weight excluding hydrogens is 423 g/mol. The third-order valence-corrected chi connectivity index (χ3v) is 6.03. The van der Waals surface area contributed by atoms with Gasteiger partial charge in [-0.3, -0.25) is 18.6 Å². The maximum absolute atomic E-state index is 12.5. The van der Waals surface area contributed by atoms with Crippen LogP contribution in [0.2, 0.25) is 0 Å². The number of nitrogens with zero attached hydrogens (tertiary/aromatic N) is 1. The van der Waals surface area contributed by atoms with Gasteiger partial charge in [0.25, 0.3) is 0 Å². The van der Waals surface area contributed by atoms with Gasteiger partial charge in [0.2, 0.25) is 11.8 Å². The summed E-state index contributed by atoms with van der Waals surface area (Å²) in [5, 5.41) is 2.94. The van der Waals surface area contributed by atoms with E-state index < -0.39 is 13.9 Å². The van der Waals surface area contributed by atoms with Crippen LogP contribution in [-0.4, -0.2) is 66.2 Å². The number of carbonyl (C=O) groups is 2. The highest BCUT2D eigenvalue weighted by molar-refractivity contribution is 7.47. The number of carbonyl (C=O) groups excluding carboxylic acids is 2. The lowest BCUT2D eigenvalue weighted by atomic mass is 10.1. The number of amides is 2. The molecule has 1 aliphatic rings. The first kappa shape index (κ1) is 28.0. The van der Waals surface area contributed by atoms with E-state index in [1.165, 1.54) is 0 Å². The van der Waals surface area contributed by atoms with Crippen molar-refractivity contribution in [3.8, 4) is 0 Å². The molecule has 2 N–H and O–H groups in total. The molecule has 2 atom stereocenters. The van der Waals surface area contributed by atoms with Crippen molar-refractivity contribution in [2.75, 3.05) is 26.3 Å². The first-order chi connectivity index (χ1) is 14.6. The molecule has 0 radical (unpaired) electrons. The maximum atomic E-state index is 12.5. The SMILES string of the molecule is CC(C)OCCCCNC(=O)C1CCCN1C(=O)CCCCCOP(=O)(O)OC(C)C. The molecule has 2 amide bonds. The van der Waals surface area contributed by atoms with Crippen LogP contribution in [0.1, 0.15) is 79.1 Å². The smallest absolute Gasteiger partial charge is 0.379 e. The second-order valence-electron chi connectivity index (χ2n) is 8.43. The van der Waals surface area contributed by atoms with E-state index in [-0.39, 0.29) is 30.6 Å². The maximum Gasteiger partial charge on any atom is 0.472 e. The number of nitrogens with one attached hydrogen (secondary N) is 1. The summed E-state index contributed by atoms with van der Waals surface area (Å²) in [6.07, 6.45) is 5.35. The predicted octanol–water partition coefficient (Wildman–Crippen LogP) is 3.40. The molecule has 0 aliphatic carbocycles. The van der Waals surface area contributed by atoms with E-state index in [0.717, 1.165) is 19.3 Å². The van der Waals surface area contributed by atoms with Crippen LogP contribution in [0.5, 0.6) is 0 Å². The number of phosphoric ester groups is 1. The summed E-state index contributed by atoms with van der Waals surface area (Å²) in [4.78, 5) is 36.2. The lowest BCUT2D eigenvalue weighted by Gasteiger charge is -2.24. The van der Waals surface area contributed by atoms with Gasteiger partial charge in [0, 0.05) is 26.1 Å². The van der Waals surface area contributed by atoms with Crippen LogP contribution < -0.4 is 5.32 Å². The summed E-state index contributed by atoms with van der Waals surface area (Å²) >= 11 is 0. The van der Waals surface area contributed by atoms with Crippen molar-refractivity contribution in [2.24, 2.45) is 0 Å². The van der Waals surface area contributed by atoms with Gasteiger partial charge in [-0.2, -0.15) is 0 Å². The molecule has 0 bridgehead atoms. The van der Waals surface area contributed by atoms with Crippen LogP contribution in [0.25, 0.3) is 0 Å². The predicted molar refractivity (Wildman–Crippen MR) is 119 cm³/mol. The van der Waals surface area contributed by atoms with Gasteiger partial charge in [0.1, 0.15) is 6.04 Å². The van der Waals surface area contributed by atoms with Crippen molar-refractivity contribution >= 4 is 19.6 Å². The Morgan fingerprint density at radius 1 is 1.06 bits per heavy atom. The first-order valence-electron chi connectivity index (χ1n) is 11.5. The van der Waals surface area contributed by atoms with E-state index in [1.54, 1.807) is 18.7 Å². The van der Waals surface area contributed by atoms with Gasteiger partial charge in [0.05, 0.1) is 18.8 Å². The average Bonchev–Trinajstić information content (AvgIpc) is 3.15. The summed E-state index contributed by atoms with van der Waals surface area (Å²) in [6.45, 7) is 9.31. The summed E-state index contributed by atoms with van der Waals surface area (Å²) in [5.74, 6) is -0.0900. The van der Waals surface area contributed by atoms with Gasteiger partial charge < -0.3 is 19.8 Å². The largest absolute Gasteiger partial charge is 0.472 e. The monoisotopic (exact) mass is 464 g/mol. The molecule has 0 aromatic carbocycles. The fourth-order valence-corrected chi connectivity index (χ4v) is 4.34. The quantitative estimate of drug-likeness (QED) is 0.266. The molecule has 9 nitrogen and oxygen atoms in total. The molecule has 2 unspecified atom stereocenters. The van der Waals surface area contributed by atoms with Crippen molar-refractivity contribution in [3.05, 3.63) is 0 Å². The highest BCUT2D eigenvalue weighted by Crippen LogP contribution is 2.44. The normalized spacial score (nSPS) is 18.5. The third kappa shape index (κ3) is 12.6. The minimum atomic E-state index is -4.00. The number of hydrogen-bond acceptors (Lipinski definition) is 6. The molecule has 0 aromatic rings. The topological polar surface area (TPSA) is 114 Å². The second kappa shape index (κ2) is 15.0. The standard InChI is InChI=1S/C21H41N2O7P/c1-17(2)28-15-9-7-13-22-21(25)19-11-10-14-23(19)20(24)12-6-5-8-16-29-31(26,27)30-18(3)4/h17-19H,5-16H2,1-4H3,(H,22,25)(H,26,27). The van der Waals surface area contributed by atoms with Crippen LogP contribution >= 0.6 is 7.82 Å². The lowest BCUT2D eigenvalue weighted by Crippen LogP contribution is -2.46. The van der Waals surface area contributed by atoms with Crippen molar-refractivity contribution in [3.63, 3.8) is 0 Å². The molecule has 1 aliphatic heterocycles. The molecule has 1 saturated heterocycles. The number of ether oxygens (including phenoxy) is 1. The van der Waals surface area contributed by atoms with Gasteiger partial charge in [-0.15, -0.1) is 0 Å². The van der Waals surface area contributed by atoms with E-state index in [9.17, 15) is 19.0 Å². The molecule has 0 spiro atoms. The minimum Gasteiger partial charge on any atom is -0.379 e. The minimum absolute atomic E-state index is 0.0140. The molecule has 31 heavy (non-hydrogen) atoms. The lowest BCUT2D eigenvalue weighted by molar-refractivity contribution is -0.138. The van der Waals surface area contributed by atoms with Gasteiger partial charge >= 0.3 is 7.82 Å². The molecule has 182 valence electrons. The number of likely N-dealkylation sites (tertiary alicyclic amines) is 1. The number of hydrogen-bond donors (Lipinski definition) is 2. The van der Waals surface area contributed by atoms with Gasteiger partial charge in [-0.05, 0) is 66.2 Å². The van der Waals surface area contributed by atoms with Crippen LogP contribution in [0.4, 0.5) is 0 Å². The molecule has 1 rings (SSSR count). The molecule has 0 saturated carbocycles. The average molecular weight is 465 g/mol. The summed E-state index contributed by atoms with van der Waals surface area (Å²) < 4.78 is 26.8. The Balaban J connectivity index is 2.21. The third-order valence-electron chi connectivity index (χ3n) is 4.83. The van der Waals surface area contributed by atoms with E-state index in [4.69, 9.17) is 13.8 Å². The van der Waals surface area contributed by atoms with Crippen LogP contribution in [0.3, 0.4) is 0 Å². The zero-order valence-electron chi connectivity index (χ0n) is 19.5. The Labute approximate surface area is 186 Å².